The summed E-state index contributed by atoms with van der Waals surface area (Å²) in [6, 6.07) is 19.7. The third-order valence-corrected chi connectivity index (χ3v) is 6.97. The highest BCUT2D eigenvalue weighted by Gasteiger charge is 2.16. The van der Waals surface area contributed by atoms with Gasteiger partial charge in [-0.15, -0.1) is 0 Å². The van der Waals surface area contributed by atoms with Crippen LogP contribution in [0.5, 0.6) is 0 Å². The highest BCUT2D eigenvalue weighted by Crippen LogP contribution is 2.22. The first-order valence-corrected chi connectivity index (χ1v) is 12.5. The van der Waals surface area contributed by atoms with Crippen LogP contribution in [0.2, 0.25) is 0 Å². The number of carbonyl (C=O) groups is 1. The molecule has 33 heavy (non-hydrogen) atoms. The summed E-state index contributed by atoms with van der Waals surface area (Å²) in [5.41, 5.74) is 4.63. The molecule has 0 aromatic heterocycles. The van der Waals surface area contributed by atoms with Gasteiger partial charge in [0.15, 0.2) is 0 Å². The summed E-state index contributed by atoms with van der Waals surface area (Å²) in [5.74, 6) is -0.265. The fourth-order valence-corrected chi connectivity index (χ4v) is 4.61. The Kier molecular flexibility index (Phi) is 7.76. The van der Waals surface area contributed by atoms with Crippen LogP contribution in [0.25, 0.3) is 0 Å². The molecule has 0 radical (unpaired) electrons. The van der Waals surface area contributed by atoms with E-state index in [1.165, 1.54) is 0 Å². The minimum absolute atomic E-state index is 0.176. The molecule has 0 saturated heterocycles. The molecule has 7 heteroatoms. The third-order valence-electron chi connectivity index (χ3n) is 5.59. The average Bonchev–Trinajstić information content (AvgIpc) is 2.80. The zero-order chi connectivity index (χ0) is 24.0. The fourth-order valence-electron chi connectivity index (χ4n) is 3.49. The van der Waals surface area contributed by atoms with Crippen LogP contribution in [-0.4, -0.2) is 27.4 Å². The Balaban J connectivity index is 1.69. The molecule has 0 bridgehead atoms. The Labute approximate surface area is 196 Å². The number of nitrogens with zero attached hydrogens (tertiary/aromatic N) is 1. The van der Waals surface area contributed by atoms with Gasteiger partial charge in [0, 0.05) is 30.9 Å². The zero-order valence-corrected chi connectivity index (χ0v) is 20.4. The van der Waals surface area contributed by atoms with Crippen molar-refractivity contribution in [2.75, 3.05) is 22.7 Å². The topological polar surface area (TPSA) is 78.5 Å². The van der Waals surface area contributed by atoms with E-state index < -0.39 is 10.0 Å². The number of nitrogens with one attached hydrogen (secondary N) is 2. The Hall–Kier alpha value is -3.32. The van der Waals surface area contributed by atoms with Crippen LogP contribution >= 0.6 is 0 Å². The van der Waals surface area contributed by atoms with Gasteiger partial charge in [0.2, 0.25) is 0 Å². The Morgan fingerprint density at radius 1 is 0.879 bits per heavy atom. The summed E-state index contributed by atoms with van der Waals surface area (Å²) in [6.45, 7) is 10.2. The molecule has 0 fully saturated rings. The largest absolute Gasteiger partial charge is 0.372 e. The molecule has 174 valence electrons. The number of carbonyl (C=O) groups excluding carboxylic acids is 1. The Morgan fingerprint density at radius 2 is 1.52 bits per heavy atom. The highest BCUT2D eigenvalue weighted by atomic mass is 32.2. The van der Waals surface area contributed by atoms with Gasteiger partial charge in [-0.2, -0.15) is 0 Å². The summed E-state index contributed by atoms with van der Waals surface area (Å²) in [5, 5.41) is 2.91. The molecule has 0 aliphatic rings. The van der Waals surface area contributed by atoms with E-state index in [-0.39, 0.29) is 10.8 Å². The van der Waals surface area contributed by atoms with Crippen molar-refractivity contribution in [2.24, 2.45) is 0 Å². The number of benzene rings is 3. The van der Waals surface area contributed by atoms with E-state index in [9.17, 15) is 13.2 Å². The maximum atomic E-state index is 12.8. The van der Waals surface area contributed by atoms with Gasteiger partial charge in [-0.25, -0.2) is 8.42 Å². The maximum Gasteiger partial charge on any atom is 0.261 e. The van der Waals surface area contributed by atoms with Crippen molar-refractivity contribution in [3.8, 4) is 0 Å². The minimum Gasteiger partial charge on any atom is -0.372 e. The standard InChI is InChI=1S/C26H31N3O3S/c1-5-29(6-2)23-13-10-21(11-14-23)18-27-26(30)22-12-9-20(4)25(17-22)28-33(31,32)24-15-7-19(3)8-16-24/h7-17,28H,5-6,18H2,1-4H3,(H,27,30). The highest BCUT2D eigenvalue weighted by molar-refractivity contribution is 7.92. The van der Waals surface area contributed by atoms with Gasteiger partial charge >= 0.3 is 0 Å². The van der Waals surface area contributed by atoms with Gasteiger partial charge in [-0.1, -0.05) is 35.9 Å². The van der Waals surface area contributed by atoms with Gasteiger partial charge in [0.25, 0.3) is 15.9 Å². The van der Waals surface area contributed by atoms with Gasteiger partial charge in [0.1, 0.15) is 0 Å². The zero-order valence-electron chi connectivity index (χ0n) is 19.6. The summed E-state index contributed by atoms with van der Waals surface area (Å²) in [6.07, 6.45) is 0. The summed E-state index contributed by atoms with van der Waals surface area (Å²) in [7, 11) is -3.75. The normalized spacial score (nSPS) is 11.2. The summed E-state index contributed by atoms with van der Waals surface area (Å²) >= 11 is 0. The molecule has 0 spiro atoms. The van der Waals surface area contributed by atoms with Crippen molar-refractivity contribution >= 4 is 27.3 Å². The Morgan fingerprint density at radius 3 is 2.12 bits per heavy atom. The number of hydrogen-bond acceptors (Lipinski definition) is 4. The molecule has 0 aliphatic carbocycles. The van der Waals surface area contributed by atoms with Crippen LogP contribution in [0.4, 0.5) is 11.4 Å². The number of hydrogen-bond donors (Lipinski definition) is 2. The lowest BCUT2D eigenvalue weighted by atomic mass is 10.1. The van der Waals surface area contributed by atoms with E-state index in [0.29, 0.717) is 17.8 Å². The van der Waals surface area contributed by atoms with E-state index in [1.54, 1.807) is 49.4 Å². The quantitative estimate of drug-likeness (QED) is 0.472. The Bertz CT molecular complexity index is 1200. The number of sulfonamides is 1. The van der Waals surface area contributed by atoms with Crippen LogP contribution in [0.3, 0.4) is 0 Å². The molecule has 2 N–H and O–H groups in total. The van der Waals surface area contributed by atoms with Gasteiger partial charge in [-0.05, 0) is 75.2 Å². The van der Waals surface area contributed by atoms with Crippen LogP contribution in [0.1, 0.15) is 40.9 Å². The number of amides is 1. The molecule has 0 unspecified atom stereocenters. The minimum atomic E-state index is -3.75. The molecule has 0 atom stereocenters. The van der Waals surface area contributed by atoms with Crippen molar-refractivity contribution in [3.05, 3.63) is 89.0 Å². The molecule has 3 aromatic rings. The first-order valence-electron chi connectivity index (χ1n) is 11.1. The van der Waals surface area contributed by atoms with Crippen molar-refractivity contribution in [2.45, 2.75) is 39.1 Å². The molecule has 3 aromatic carbocycles. The number of rotatable bonds is 9. The predicted molar refractivity (Wildman–Crippen MR) is 134 cm³/mol. The van der Waals surface area contributed by atoms with E-state index in [0.717, 1.165) is 35.5 Å². The lowest BCUT2D eigenvalue weighted by molar-refractivity contribution is 0.0951. The van der Waals surface area contributed by atoms with Gasteiger partial charge in [-0.3, -0.25) is 9.52 Å². The van der Waals surface area contributed by atoms with Crippen LogP contribution in [0, 0.1) is 13.8 Å². The van der Waals surface area contributed by atoms with E-state index in [2.05, 4.69) is 40.9 Å². The molecule has 0 aliphatic heterocycles. The second-order valence-corrected chi connectivity index (χ2v) is 9.65. The van der Waals surface area contributed by atoms with E-state index >= 15 is 0 Å². The molecule has 6 nitrogen and oxygen atoms in total. The SMILES string of the molecule is CCN(CC)c1ccc(CNC(=O)c2ccc(C)c(NS(=O)(=O)c3ccc(C)cc3)c2)cc1. The maximum absolute atomic E-state index is 12.8. The molecule has 0 heterocycles. The molecular formula is C26H31N3O3S. The lowest BCUT2D eigenvalue weighted by Crippen LogP contribution is -2.24. The third kappa shape index (κ3) is 6.14. The first kappa shape index (κ1) is 24.3. The number of anilines is 2. The molecule has 3 rings (SSSR count). The summed E-state index contributed by atoms with van der Waals surface area (Å²) in [4.78, 5) is 15.2. The molecular weight excluding hydrogens is 434 g/mol. The fraction of sp³-hybridized carbons (Fsp3) is 0.269. The lowest BCUT2D eigenvalue weighted by Gasteiger charge is -2.21. The second kappa shape index (κ2) is 10.5. The van der Waals surface area contributed by atoms with Crippen LogP contribution < -0.4 is 14.9 Å². The van der Waals surface area contributed by atoms with E-state index in [1.807, 2.05) is 19.1 Å². The predicted octanol–water partition coefficient (Wildman–Crippen LogP) is 4.88. The van der Waals surface area contributed by atoms with Crippen molar-refractivity contribution < 1.29 is 13.2 Å². The first-order chi connectivity index (χ1) is 15.7. The molecule has 0 saturated carbocycles. The van der Waals surface area contributed by atoms with Gasteiger partial charge < -0.3 is 10.2 Å². The van der Waals surface area contributed by atoms with Crippen molar-refractivity contribution in [1.29, 1.82) is 0 Å². The van der Waals surface area contributed by atoms with E-state index in [4.69, 9.17) is 0 Å². The van der Waals surface area contributed by atoms with Crippen molar-refractivity contribution in [1.82, 2.24) is 5.32 Å². The van der Waals surface area contributed by atoms with Gasteiger partial charge in [0.05, 0.1) is 10.6 Å². The molecule has 1 amide bonds. The van der Waals surface area contributed by atoms with Crippen molar-refractivity contribution in [3.63, 3.8) is 0 Å². The van der Waals surface area contributed by atoms with Crippen LogP contribution in [-0.2, 0) is 16.6 Å². The number of aryl methyl sites for hydroxylation is 2. The monoisotopic (exact) mass is 465 g/mol. The second-order valence-electron chi connectivity index (χ2n) is 7.97. The average molecular weight is 466 g/mol. The smallest absolute Gasteiger partial charge is 0.261 e. The summed E-state index contributed by atoms with van der Waals surface area (Å²) < 4.78 is 28.1. The van der Waals surface area contributed by atoms with Crippen LogP contribution in [0.15, 0.2) is 71.6 Å².